The number of nitrogens with one attached hydrogen (secondary N) is 1. The van der Waals surface area contributed by atoms with Crippen molar-refractivity contribution in [2.24, 2.45) is 0 Å². The first-order valence-electron chi connectivity index (χ1n) is 8.19. The Morgan fingerprint density at radius 3 is 2.88 bits per heavy atom. The highest BCUT2D eigenvalue weighted by Crippen LogP contribution is 2.37. The second-order valence-electron chi connectivity index (χ2n) is 6.28. The van der Waals surface area contributed by atoms with Crippen LogP contribution in [-0.2, 0) is 13.0 Å². The van der Waals surface area contributed by atoms with E-state index in [0.29, 0.717) is 11.3 Å². The van der Waals surface area contributed by atoms with E-state index in [0.717, 1.165) is 53.4 Å². The summed E-state index contributed by atoms with van der Waals surface area (Å²) in [4.78, 5) is 4.67. The summed E-state index contributed by atoms with van der Waals surface area (Å²) >= 11 is 0. The molecule has 0 atom stereocenters. The van der Waals surface area contributed by atoms with Gasteiger partial charge in [0, 0.05) is 35.5 Å². The number of nitrogens with zero attached hydrogens (tertiary/aromatic N) is 3. The number of H-pyrrole nitrogens is 1. The van der Waals surface area contributed by atoms with E-state index < -0.39 is 11.6 Å². The Balaban J connectivity index is 1.77. The van der Waals surface area contributed by atoms with Crippen LogP contribution in [-0.4, -0.2) is 19.7 Å². The van der Waals surface area contributed by atoms with Gasteiger partial charge in [-0.3, -0.25) is 5.10 Å². The van der Waals surface area contributed by atoms with Gasteiger partial charge >= 0.3 is 0 Å². The zero-order valence-corrected chi connectivity index (χ0v) is 13.3. The van der Waals surface area contributed by atoms with E-state index in [-0.39, 0.29) is 0 Å². The second kappa shape index (κ2) is 5.24. The van der Waals surface area contributed by atoms with Crippen LogP contribution in [0.4, 0.5) is 8.78 Å². The second-order valence-corrected chi connectivity index (χ2v) is 6.28. The molecule has 5 rings (SSSR count). The summed E-state index contributed by atoms with van der Waals surface area (Å²) in [6.07, 6.45) is 3.65. The average Bonchev–Trinajstić information content (AvgIpc) is 3.29. The van der Waals surface area contributed by atoms with Gasteiger partial charge in [0.1, 0.15) is 17.5 Å². The van der Waals surface area contributed by atoms with Crippen molar-refractivity contribution < 1.29 is 8.78 Å². The molecule has 3 heterocycles. The molecular weight excluding hydrogens is 322 g/mol. The Morgan fingerprint density at radius 2 is 2.00 bits per heavy atom. The van der Waals surface area contributed by atoms with Gasteiger partial charge in [-0.2, -0.15) is 5.10 Å². The fourth-order valence-electron chi connectivity index (χ4n) is 3.57. The standard InChI is InChI=1S/C19H14F2N4/c20-13-5-6-14(15(21)9-13)18-19(25-7-1-2-17(25)23-18)11-3-4-12-10-22-24-16(12)8-11/h3-6,8-10H,1-2,7H2,(H,22,24). The monoisotopic (exact) mass is 336 g/mol. The highest BCUT2D eigenvalue weighted by molar-refractivity contribution is 5.87. The number of aryl methyl sites for hydroxylation is 1. The fraction of sp³-hybridized carbons (Fsp3) is 0.158. The van der Waals surface area contributed by atoms with E-state index in [4.69, 9.17) is 0 Å². The number of hydrogen-bond acceptors (Lipinski definition) is 2. The van der Waals surface area contributed by atoms with Crippen molar-refractivity contribution in [3.63, 3.8) is 0 Å². The third-order valence-corrected chi connectivity index (χ3v) is 4.73. The summed E-state index contributed by atoms with van der Waals surface area (Å²) < 4.78 is 29.8. The molecule has 0 radical (unpaired) electrons. The molecule has 0 saturated carbocycles. The largest absolute Gasteiger partial charge is 0.327 e. The molecule has 0 spiro atoms. The molecule has 0 fully saturated rings. The molecule has 0 aliphatic carbocycles. The van der Waals surface area contributed by atoms with Crippen molar-refractivity contribution >= 4 is 10.9 Å². The highest BCUT2D eigenvalue weighted by atomic mass is 19.1. The zero-order valence-electron chi connectivity index (χ0n) is 13.3. The van der Waals surface area contributed by atoms with Gasteiger partial charge in [-0.05, 0) is 24.6 Å². The molecular formula is C19H14F2N4. The van der Waals surface area contributed by atoms with Gasteiger partial charge in [0.15, 0.2) is 0 Å². The molecule has 124 valence electrons. The van der Waals surface area contributed by atoms with Crippen LogP contribution in [0.1, 0.15) is 12.2 Å². The zero-order chi connectivity index (χ0) is 17.0. The van der Waals surface area contributed by atoms with Gasteiger partial charge in [-0.25, -0.2) is 13.8 Å². The Labute approximate surface area is 142 Å². The summed E-state index contributed by atoms with van der Waals surface area (Å²) in [6, 6.07) is 9.60. The van der Waals surface area contributed by atoms with Crippen LogP contribution in [0, 0.1) is 11.6 Å². The van der Waals surface area contributed by atoms with Gasteiger partial charge in [0.25, 0.3) is 0 Å². The molecule has 0 unspecified atom stereocenters. The molecule has 0 amide bonds. The molecule has 2 aromatic carbocycles. The molecule has 25 heavy (non-hydrogen) atoms. The van der Waals surface area contributed by atoms with Gasteiger partial charge in [-0.15, -0.1) is 0 Å². The van der Waals surface area contributed by atoms with Crippen LogP contribution in [0.3, 0.4) is 0 Å². The number of aromatic amines is 1. The minimum Gasteiger partial charge on any atom is -0.327 e. The van der Waals surface area contributed by atoms with Crippen LogP contribution >= 0.6 is 0 Å². The summed E-state index contributed by atoms with van der Waals surface area (Å²) in [7, 11) is 0. The fourth-order valence-corrected chi connectivity index (χ4v) is 3.57. The number of benzene rings is 2. The highest BCUT2D eigenvalue weighted by Gasteiger charge is 2.25. The lowest BCUT2D eigenvalue weighted by atomic mass is 10.0. The van der Waals surface area contributed by atoms with Gasteiger partial charge in [-0.1, -0.05) is 12.1 Å². The minimum atomic E-state index is -0.597. The lowest BCUT2D eigenvalue weighted by molar-refractivity contribution is 0.585. The van der Waals surface area contributed by atoms with Gasteiger partial charge in [0.2, 0.25) is 0 Å². The Bertz CT molecular complexity index is 1110. The smallest absolute Gasteiger partial charge is 0.135 e. The van der Waals surface area contributed by atoms with Crippen molar-refractivity contribution in [1.29, 1.82) is 0 Å². The molecule has 1 aliphatic heterocycles. The van der Waals surface area contributed by atoms with Crippen molar-refractivity contribution in [2.45, 2.75) is 19.4 Å². The first-order chi connectivity index (χ1) is 12.2. The van der Waals surface area contributed by atoms with Crippen LogP contribution in [0.25, 0.3) is 33.4 Å². The first kappa shape index (κ1) is 14.3. The summed E-state index contributed by atoms with van der Waals surface area (Å²) in [5.41, 5.74) is 3.61. The van der Waals surface area contributed by atoms with E-state index in [2.05, 4.69) is 19.7 Å². The van der Waals surface area contributed by atoms with Crippen molar-refractivity contribution in [3.05, 3.63) is 60.1 Å². The topological polar surface area (TPSA) is 46.5 Å². The van der Waals surface area contributed by atoms with Crippen LogP contribution in [0.2, 0.25) is 0 Å². The molecule has 1 N–H and O–H groups in total. The Hall–Kier alpha value is -3.02. The summed E-state index contributed by atoms with van der Waals surface area (Å²) in [5, 5.41) is 8.03. The maximum atomic E-state index is 14.4. The maximum absolute atomic E-state index is 14.4. The molecule has 0 bridgehead atoms. The van der Waals surface area contributed by atoms with Gasteiger partial charge < -0.3 is 4.57 Å². The van der Waals surface area contributed by atoms with Crippen LogP contribution < -0.4 is 0 Å². The van der Waals surface area contributed by atoms with Gasteiger partial charge in [0.05, 0.1) is 23.1 Å². The number of aromatic nitrogens is 4. The Kier molecular flexibility index (Phi) is 3.00. The average molecular weight is 336 g/mol. The van der Waals surface area contributed by atoms with E-state index >= 15 is 0 Å². The summed E-state index contributed by atoms with van der Waals surface area (Å²) in [5.74, 6) is -0.243. The predicted octanol–water partition coefficient (Wildman–Crippen LogP) is 4.32. The van der Waals surface area contributed by atoms with Crippen LogP contribution in [0.5, 0.6) is 0 Å². The molecule has 1 aliphatic rings. The predicted molar refractivity (Wildman–Crippen MR) is 91.0 cm³/mol. The third kappa shape index (κ3) is 2.17. The first-order valence-corrected chi connectivity index (χ1v) is 8.19. The lowest BCUT2D eigenvalue weighted by Gasteiger charge is -2.09. The number of imidazole rings is 1. The molecule has 4 nitrogen and oxygen atoms in total. The number of hydrogen-bond donors (Lipinski definition) is 1. The lowest BCUT2D eigenvalue weighted by Crippen LogP contribution is -1.97. The minimum absolute atomic E-state index is 0.322. The molecule has 4 aromatic rings. The SMILES string of the molecule is Fc1ccc(-c2nc3n(c2-c2ccc4cn[nH]c4c2)CCC3)c(F)c1. The number of rotatable bonds is 2. The number of fused-ring (bicyclic) bond motifs is 2. The van der Waals surface area contributed by atoms with E-state index in [9.17, 15) is 8.78 Å². The third-order valence-electron chi connectivity index (χ3n) is 4.73. The quantitative estimate of drug-likeness (QED) is 0.593. The van der Waals surface area contributed by atoms with Crippen LogP contribution in [0.15, 0.2) is 42.6 Å². The normalized spacial score (nSPS) is 13.5. The van der Waals surface area contributed by atoms with E-state index in [1.54, 1.807) is 6.20 Å². The molecule has 0 saturated heterocycles. The summed E-state index contributed by atoms with van der Waals surface area (Å²) in [6.45, 7) is 0.849. The van der Waals surface area contributed by atoms with E-state index in [1.165, 1.54) is 12.1 Å². The van der Waals surface area contributed by atoms with Crippen molar-refractivity contribution in [1.82, 2.24) is 19.7 Å². The Morgan fingerprint density at radius 1 is 1.08 bits per heavy atom. The number of halogens is 2. The van der Waals surface area contributed by atoms with Crippen molar-refractivity contribution in [2.75, 3.05) is 0 Å². The molecule has 6 heteroatoms. The maximum Gasteiger partial charge on any atom is 0.135 e. The molecule has 2 aromatic heterocycles. The van der Waals surface area contributed by atoms with E-state index in [1.807, 2.05) is 18.2 Å². The van der Waals surface area contributed by atoms with Crippen molar-refractivity contribution in [3.8, 4) is 22.5 Å².